The number of nitrogens with zero attached hydrogens (tertiary/aromatic N) is 6. The van der Waals surface area contributed by atoms with Crippen LogP contribution in [0.1, 0.15) is 57.0 Å². The van der Waals surface area contributed by atoms with Crippen molar-refractivity contribution in [2.24, 2.45) is 0 Å². The fraction of sp³-hybridized carbons (Fsp3) is 0.280. The number of thiazole rings is 1. The summed E-state index contributed by atoms with van der Waals surface area (Å²) in [5.41, 5.74) is 3.50. The highest BCUT2D eigenvalue weighted by Crippen LogP contribution is 2.35. The zero-order valence-corrected chi connectivity index (χ0v) is 22.2. The summed E-state index contributed by atoms with van der Waals surface area (Å²) in [5.74, 6) is -0.0205. The van der Waals surface area contributed by atoms with Gasteiger partial charge in [-0.25, -0.2) is 9.97 Å². The van der Waals surface area contributed by atoms with Gasteiger partial charge in [-0.05, 0) is 39.0 Å². The minimum atomic E-state index is -0.364. The van der Waals surface area contributed by atoms with Gasteiger partial charge in [-0.15, -0.1) is 0 Å². The Morgan fingerprint density at radius 1 is 1.16 bits per heavy atom. The third-order valence-corrected chi connectivity index (χ3v) is 7.15. The number of carbonyl (C=O) groups is 2. The number of nitrogens with one attached hydrogen (secondary N) is 1. The van der Waals surface area contributed by atoms with E-state index in [1.807, 2.05) is 20.8 Å². The summed E-state index contributed by atoms with van der Waals surface area (Å²) < 4.78 is 7.20. The number of amides is 2. The van der Waals surface area contributed by atoms with Crippen molar-refractivity contribution < 1.29 is 14.3 Å². The molecule has 37 heavy (non-hydrogen) atoms. The monoisotopic (exact) mass is 537 g/mol. The molecule has 0 fully saturated rings. The predicted molar refractivity (Wildman–Crippen MR) is 140 cm³/mol. The highest BCUT2D eigenvalue weighted by molar-refractivity contribution is 7.16. The lowest BCUT2D eigenvalue weighted by atomic mass is 10.0. The molecular weight excluding hydrogens is 514 g/mol. The van der Waals surface area contributed by atoms with Crippen LogP contribution in [0, 0.1) is 6.92 Å². The summed E-state index contributed by atoms with van der Waals surface area (Å²) in [7, 11) is 1.53. The summed E-state index contributed by atoms with van der Waals surface area (Å²) in [4.78, 5) is 41.8. The van der Waals surface area contributed by atoms with E-state index in [0.29, 0.717) is 46.4 Å². The SMILES string of the molecule is COc1cnc(Cl)cc1-c1cc(C)ncc1C(=O)Nc1nc2c(s1)CN(C(=O)c1ccn(C(C)C)n1)C2. The van der Waals surface area contributed by atoms with Crippen LogP contribution in [0.2, 0.25) is 5.15 Å². The lowest BCUT2D eigenvalue weighted by Gasteiger charge is -2.14. The van der Waals surface area contributed by atoms with Gasteiger partial charge < -0.3 is 9.64 Å². The molecule has 0 atom stereocenters. The first-order valence-corrected chi connectivity index (χ1v) is 12.7. The third kappa shape index (κ3) is 4.92. The molecule has 0 spiro atoms. The van der Waals surface area contributed by atoms with Crippen LogP contribution < -0.4 is 10.1 Å². The first-order valence-electron chi connectivity index (χ1n) is 11.5. The molecule has 1 aliphatic rings. The molecule has 0 aliphatic carbocycles. The van der Waals surface area contributed by atoms with E-state index < -0.39 is 0 Å². The standard InChI is InChI=1S/C25H24ClN7O3S/c1-13(2)33-6-5-18(31-33)24(35)32-11-19-21(12-32)37-25(29-19)30-23(34)17-9-27-14(3)7-15(17)16-8-22(26)28-10-20(16)36-4/h5-10,13H,11-12H2,1-4H3,(H,29,30,34). The van der Waals surface area contributed by atoms with Crippen LogP contribution in [-0.2, 0) is 13.1 Å². The van der Waals surface area contributed by atoms with E-state index in [4.69, 9.17) is 16.3 Å². The molecule has 1 aliphatic heterocycles. The van der Waals surface area contributed by atoms with E-state index in [1.54, 1.807) is 34.0 Å². The highest BCUT2D eigenvalue weighted by Gasteiger charge is 2.30. The molecule has 12 heteroatoms. The van der Waals surface area contributed by atoms with Crippen molar-refractivity contribution in [3.05, 3.63) is 69.5 Å². The van der Waals surface area contributed by atoms with E-state index in [1.165, 1.54) is 30.8 Å². The van der Waals surface area contributed by atoms with Crippen molar-refractivity contribution in [3.8, 4) is 16.9 Å². The van der Waals surface area contributed by atoms with Gasteiger partial charge in [0, 0.05) is 35.3 Å². The second kappa shape index (κ2) is 9.91. The maximum Gasteiger partial charge on any atom is 0.275 e. The quantitative estimate of drug-likeness (QED) is 0.353. The predicted octanol–water partition coefficient (Wildman–Crippen LogP) is 4.76. The van der Waals surface area contributed by atoms with Crippen molar-refractivity contribution >= 4 is 39.9 Å². The number of aromatic nitrogens is 5. The molecule has 4 aromatic rings. The minimum Gasteiger partial charge on any atom is -0.494 e. The number of aryl methyl sites for hydroxylation is 1. The number of carbonyl (C=O) groups excluding carboxylic acids is 2. The number of anilines is 1. The van der Waals surface area contributed by atoms with Crippen molar-refractivity contribution in [2.45, 2.75) is 39.9 Å². The highest BCUT2D eigenvalue weighted by atomic mass is 35.5. The Kier molecular flexibility index (Phi) is 6.65. The molecule has 0 saturated heterocycles. The maximum absolute atomic E-state index is 13.3. The zero-order chi connectivity index (χ0) is 26.3. The van der Waals surface area contributed by atoms with Crippen LogP contribution >= 0.6 is 22.9 Å². The molecule has 5 rings (SSSR count). The summed E-state index contributed by atoms with van der Waals surface area (Å²) in [6.45, 7) is 6.63. The first kappa shape index (κ1) is 24.8. The number of methoxy groups -OCH3 is 1. The Morgan fingerprint density at radius 3 is 2.68 bits per heavy atom. The molecule has 0 radical (unpaired) electrons. The number of hydrogen-bond donors (Lipinski definition) is 1. The number of halogens is 1. The summed E-state index contributed by atoms with van der Waals surface area (Å²) in [6.07, 6.45) is 4.84. The van der Waals surface area contributed by atoms with Crippen LogP contribution in [0.25, 0.3) is 11.1 Å². The van der Waals surface area contributed by atoms with Crippen molar-refractivity contribution in [1.82, 2.24) is 29.6 Å². The van der Waals surface area contributed by atoms with E-state index in [0.717, 1.165) is 16.3 Å². The number of ether oxygens (including phenoxy) is 1. The van der Waals surface area contributed by atoms with Gasteiger partial charge in [-0.1, -0.05) is 22.9 Å². The summed E-state index contributed by atoms with van der Waals surface area (Å²) >= 11 is 7.48. The average Bonchev–Trinajstić information content (AvgIpc) is 3.59. The minimum absolute atomic E-state index is 0.143. The molecular formula is C25H24ClN7O3S. The molecule has 190 valence electrons. The fourth-order valence-electron chi connectivity index (χ4n) is 4.06. The van der Waals surface area contributed by atoms with E-state index in [2.05, 4.69) is 25.4 Å². The lowest BCUT2D eigenvalue weighted by molar-refractivity contribution is 0.0743. The molecule has 5 heterocycles. The van der Waals surface area contributed by atoms with Gasteiger partial charge in [0.25, 0.3) is 11.8 Å². The second-order valence-electron chi connectivity index (χ2n) is 8.86. The Hall–Kier alpha value is -3.83. The number of hydrogen-bond acceptors (Lipinski definition) is 8. The van der Waals surface area contributed by atoms with Gasteiger partial charge >= 0.3 is 0 Å². The van der Waals surface area contributed by atoms with Gasteiger partial charge in [0.2, 0.25) is 0 Å². The number of pyridine rings is 2. The zero-order valence-electron chi connectivity index (χ0n) is 20.6. The molecule has 0 unspecified atom stereocenters. The average molecular weight is 538 g/mol. The van der Waals surface area contributed by atoms with Gasteiger partial charge in [0.15, 0.2) is 5.13 Å². The summed E-state index contributed by atoms with van der Waals surface area (Å²) in [5, 5.41) is 7.99. The third-order valence-electron chi connectivity index (χ3n) is 5.95. The van der Waals surface area contributed by atoms with E-state index >= 15 is 0 Å². The van der Waals surface area contributed by atoms with Gasteiger partial charge in [-0.2, -0.15) is 5.10 Å². The largest absolute Gasteiger partial charge is 0.494 e. The van der Waals surface area contributed by atoms with Gasteiger partial charge in [0.05, 0.1) is 42.5 Å². The Labute approximate surface area is 222 Å². The van der Waals surface area contributed by atoms with Crippen molar-refractivity contribution in [1.29, 1.82) is 0 Å². The smallest absolute Gasteiger partial charge is 0.275 e. The molecule has 0 aromatic carbocycles. The van der Waals surface area contributed by atoms with Gasteiger partial charge in [0.1, 0.15) is 16.6 Å². The topological polar surface area (TPSA) is 115 Å². The molecule has 4 aromatic heterocycles. The molecule has 2 amide bonds. The number of fused-ring (bicyclic) bond motifs is 1. The molecule has 0 saturated carbocycles. The second-order valence-corrected chi connectivity index (χ2v) is 10.3. The molecule has 1 N–H and O–H groups in total. The van der Waals surface area contributed by atoms with Crippen LogP contribution in [0.5, 0.6) is 5.75 Å². The van der Waals surface area contributed by atoms with Crippen LogP contribution in [0.3, 0.4) is 0 Å². The van der Waals surface area contributed by atoms with E-state index in [9.17, 15) is 9.59 Å². The van der Waals surface area contributed by atoms with Crippen LogP contribution in [0.4, 0.5) is 5.13 Å². The first-order chi connectivity index (χ1) is 17.7. The Bertz CT molecular complexity index is 1490. The normalized spacial score (nSPS) is 12.6. The van der Waals surface area contributed by atoms with Crippen molar-refractivity contribution in [2.75, 3.05) is 12.4 Å². The lowest BCUT2D eigenvalue weighted by Crippen LogP contribution is -2.26. The maximum atomic E-state index is 13.3. The van der Waals surface area contributed by atoms with Crippen LogP contribution in [-0.4, -0.2) is 48.6 Å². The van der Waals surface area contributed by atoms with E-state index in [-0.39, 0.29) is 23.0 Å². The molecule has 0 bridgehead atoms. The molecule has 10 nitrogen and oxygen atoms in total. The fourth-order valence-corrected chi connectivity index (χ4v) is 5.20. The Balaban J connectivity index is 1.34. The summed E-state index contributed by atoms with van der Waals surface area (Å²) in [6, 6.07) is 5.36. The van der Waals surface area contributed by atoms with Crippen LogP contribution in [0.15, 0.2) is 36.8 Å². The Morgan fingerprint density at radius 2 is 1.97 bits per heavy atom. The number of rotatable bonds is 6. The van der Waals surface area contributed by atoms with Crippen molar-refractivity contribution in [3.63, 3.8) is 0 Å². The van der Waals surface area contributed by atoms with Gasteiger partial charge in [-0.3, -0.25) is 24.6 Å².